The largest absolute Gasteiger partial charge is 0.379 e. The van der Waals surface area contributed by atoms with E-state index in [-0.39, 0.29) is 15.9 Å². The number of ether oxygens (including phenoxy) is 1. The van der Waals surface area contributed by atoms with E-state index in [1.165, 1.54) is 23.0 Å². The number of allylic oxidation sites excluding steroid dienone is 1. The minimum Gasteiger partial charge on any atom is -0.379 e. The fourth-order valence-electron chi connectivity index (χ4n) is 2.80. The van der Waals surface area contributed by atoms with Gasteiger partial charge in [-0.15, -0.1) is 11.8 Å². The number of carbonyl (C=O) groups is 1. The molecule has 2 heterocycles. The van der Waals surface area contributed by atoms with Crippen molar-refractivity contribution in [3.05, 3.63) is 39.8 Å². The molecule has 1 fully saturated rings. The zero-order valence-corrected chi connectivity index (χ0v) is 15.6. The summed E-state index contributed by atoms with van der Waals surface area (Å²) in [6, 6.07) is 4.81. The lowest BCUT2D eigenvalue weighted by Crippen LogP contribution is -2.41. The SMILES string of the molecule is CC(=O)c1ccc(S(=O)(=O)N2CCOCC2)c(C2CC=C(Cl)S2)c1. The Hall–Kier alpha value is -0.860. The van der Waals surface area contributed by atoms with Gasteiger partial charge in [-0.3, -0.25) is 4.79 Å². The van der Waals surface area contributed by atoms with E-state index in [2.05, 4.69) is 0 Å². The summed E-state index contributed by atoms with van der Waals surface area (Å²) < 4.78 is 33.4. The normalized spacial score (nSPS) is 22.4. The number of carbonyl (C=O) groups excluding carboxylic acids is 1. The predicted octanol–water partition coefficient (Wildman–Crippen LogP) is 3.17. The molecule has 0 saturated carbocycles. The summed E-state index contributed by atoms with van der Waals surface area (Å²) in [5.41, 5.74) is 1.15. The van der Waals surface area contributed by atoms with Crippen LogP contribution in [0.5, 0.6) is 0 Å². The summed E-state index contributed by atoms with van der Waals surface area (Å²) in [7, 11) is -3.63. The van der Waals surface area contributed by atoms with Crippen LogP contribution in [0.3, 0.4) is 0 Å². The number of sulfonamides is 1. The van der Waals surface area contributed by atoms with Crippen LogP contribution in [0.15, 0.2) is 33.5 Å². The second-order valence-electron chi connectivity index (χ2n) is 5.68. The zero-order valence-electron chi connectivity index (χ0n) is 13.2. The first kappa shape index (κ1) is 17.9. The van der Waals surface area contributed by atoms with E-state index in [1.54, 1.807) is 18.2 Å². The molecule has 0 radical (unpaired) electrons. The van der Waals surface area contributed by atoms with Crippen LogP contribution in [0.1, 0.15) is 34.5 Å². The number of nitrogens with zero attached hydrogens (tertiary/aromatic N) is 1. The topological polar surface area (TPSA) is 63.7 Å². The highest BCUT2D eigenvalue weighted by molar-refractivity contribution is 8.05. The van der Waals surface area contributed by atoms with Gasteiger partial charge in [-0.1, -0.05) is 23.7 Å². The van der Waals surface area contributed by atoms with Crippen molar-refractivity contribution in [3.63, 3.8) is 0 Å². The molecular formula is C16H18ClNO4S2. The van der Waals surface area contributed by atoms with E-state index < -0.39 is 10.0 Å². The molecular weight excluding hydrogens is 370 g/mol. The van der Waals surface area contributed by atoms with Gasteiger partial charge in [-0.05, 0) is 31.0 Å². The molecule has 0 spiro atoms. The molecule has 0 bridgehead atoms. The number of rotatable bonds is 4. The Bertz CT molecular complexity index is 785. The monoisotopic (exact) mass is 387 g/mol. The van der Waals surface area contributed by atoms with Crippen molar-refractivity contribution in [1.82, 2.24) is 4.31 Å². The predicted molar refractivity (Wildman–Crippen MR) is 94.9 cm³/mol. The van der Waals surface area contributed by atoms with Crippen LogP contribution >= 0.6 is 23.4 Å². The molecule has 5 nitrogen and oxygen atoms in total. The van der Waals surface area contributed by atoms with Crippen LogP contribution < -0.4 is 0 Å². The molecule has 3 rings (SSSR count). The molecule has 0 amide bonds. The molecule has 1 aromatic carbocycles. The number of Topliss-reactive ketones (excluding diaryl/α,β-unsaturated/α-hetero) is 1. The summed E-state index contributed by atoms with van der Waals surface area (Å²) in [6.07, 6.45) is 2.53. The highest BCUT2D eigenvalue weighted by Gasteiger charge is 2.32. The van der Waals surface area contributed by atoms with Crippen molar-refractivity contribution in [2.24, 2.45) is 0 Å². The molecule has 130 valence electrons. The van der Waals surface area contributed by atoms with E-state index in [0.29, 0.717) is 48.2 Å². The van der Waals surface area contributed by atoms with Crippen molar-refractivity contribution in [1.29, 1.82) is 0 Å². The van der Waals surface area contributed by atoms with Crippen LogP contribution in [-0.2, 0) is 14.8 Å². The van der Waals surface area contributed by atoms with E-state index in [4.69, 9.17) is 16.3 Å². The fraction of sp³-hybridized carbons (Fsp3) is 0.438. The van der Waals surface area contributed by atoms with Gasteiger partial charge < -0.3 is 4.74 Å². The van der Waals surface area contributed by atoms with Gasteiger partial charge in [0.2, 0.25) is 10.0 Å². The Labute approximate surface area is 151 Å². The molecule has 1 atom stereocenters. The lowest BCUT2D eigenvalue weighted by Gasteiger charge is -2.28. The van der Waals surface area contributed by atoms with Crippen molar-refractivity contribution >= 4 is 39.2 Å². The molecule has 1 aromatic rings. The summed E-state index contributed by atoms with van der Waals surface area (Å²) in [4.78, 5) is 12.0. The van der Waals surface area contributed by atoms with E-state index >= 15 is 0 Å². The first-order valence-corrected chi connectivity index (χ1v) is 10.3. The number of hydrogen-bond acceptors (Lipinski definition) is 5. The van der Waals surface area contributed by atoms with Crippen molar-refractivity contribution in [3.8, 4) is 0 Å². The third kappa shape index (κ3) is 3.55. The van der Waals surface area contributed by atoms with Crippen LogP contribution in [-0.4, -0.2) is 44.8 Å². The Kier molecular flexibility index (Phi) is 5.36. The number of morpholine rings is 1. The summed E-state index contributed by atoms with van der Waals surface area (Å²) >= 11 is 7.48. The summed E-state index contributed by atoms with van der Waals surface area (Å²) in [5.74, 6) is -0.0892. The van der Waals surface area contributed by atoms with E-state index in [9.17, 15) is 13.2 Å². The average molecular weight is 388 g/mol. The standard InChI is InChI=1S/C16H18ClNO4S2/c1-11(19)12-2-4-15(13(10-12)14-3-5-16(17)23-14)24(20,21)18-6-8-22-9-7-18/h2,4-5,10,14H,3,6-9H2,1H3. The molecule has 0 aliphatic carbocycles. The summed E-state index contributed by atoms with van der Waals surface area (Å²) in [5, 5.41) is -0.0948. The smallest absolute Gasteiger partial charge is 0.243 e. The van der Waals surface area contributed by atoms with Crippen LogP contribution in [0, 0.1) is 0 Å². The maximum atomic E-state index is 13.1. The first-order chi connectivity index (χ1) is 11.4. The molecule has 1 saturated heterocycles. The fourth-order valence-corrected chi connectivity index (χ4v) is 5.91. The number of halogens is 1. The Morgan fingerprint density at radius 1 is 1.33 bits per heavy atom. The number of ketones is 1. The van der Waals surface area contributed by atoms with Crippen molar-refractivity contribution in [2.45, 2.75) is 23.5 Å². The highest BCUT2D eigenvalue weighted by atomic mass is 35.5. The van der Waals surface area contributed by atoms with Gasteiger partial charge in [0, 0.05) is 23.9 Å². The molecule has 1 unspecified atom stereocenters. The quantitative estimate of drug-likeness (QED) is 0.742. The highest BCUT2D eigenvalue weighted by Crippen LogP contribution is 2.47. The second kappa shape index (κ2) is 7.17. The van der Waals surface area contributed by atoms with Crippen LogP contribution in [0.2, 0.25) is 0 Å². The van der Waals surface area contributed by atoms with Crippen molar-refractivity contribution < 1.29 is 17.9 Å². The zero-order chi connectivity index (χ0) is 17.3. The van der Waals surface area contributed by atoms with Gasteiger partial charge >= 0.3 is 0 Å². The minimum atomic E-state index is -3.63. The molecule has 2 aliphatic heterocycles. The van der Waals surface area contributed by atoms with Gasteiger partial charge in [0.05, 0.1) is 22.5 Å². The van der Waals surface area contributed by atoms with Crippen LogP contribution in [0.4, 0.5) is 0 Å². The Morgan fingerprint density at radius 3 is 2.62 bits per heavy atom. The minimum absolute atomic E-state index is 0.0892. The Balaban J connectivity index is 2.04. The number of thioether (sulfide) groups is 1. The van der Waals surface area contributed by atoms with E-state index in [0.717, 1.165) is 0 Å². The van der Waals surface area contributed by atoms with Gasteiger partial charge in [-0.2, -0.15) is 4.31 Å². The third-order valence-corrected chi connectivity index (χ3v) is 7.62. The van der Waals surface area contributed by atoms with Gasteiger partial charge in [0.1, 0.15) is 0 Å². The van der Waals surface area contributed by atoms with Gasteiger partial charge in [0.25, 0.3) is 0 Å². The first-order valence-electron chi connectivity index (χ1n) is 7.64. The van der Waals surface area contributed by atoms with Crippen LogP contribution in [0.25, 0.3) is 0 Å². The molecule has 24 heavy (non-hydrogen) atoms. The third-order valence-electron chi connectivity index (χ3n) is 4.10. The number of benzene rings is 1. The number of hydrogen-bond donors (Lipinski definition) is 0. The van der Waals surface area contributed by atoms with Gasteiger partial charge in [-0.25, -0.2) is 8.42 Å². The lowest BCUT2D eigenvalue weighted by molar-refractivity contribution is 0.0730. The summed E-state index contributed by atoms with van der Waals surface area (Å²) in [6.45, 7) is 2.94. The average Bonchev–Trinajstić information content (AvgIpc) is 3.01. The van der Waals surface area contributed by atoms with Gasteiger partial charge in [0.15, 0.2) is 5.78 Å². The molecule has 2 aliphatic rings. The second-order valence-corrected chi connectivity index (χ2v) is 9.46. The molecule has 8 heteroatoms. The lowest BCUT2D eigenvalue weighted by atomic mass is 10.0. The Morgan fingerprint density at radius 2 is 2.04 bits per heavy atom. The van der Waals surface area contributed by atoms with E-state index in [1.807, 2.05) is 6.08 Å². The molecule has 0 aromatic heterocycles. The maximum Gasteiger partial charge on any atom is 0.243 e. The molecule has 0 N–H and O–H groups in total. The maximum absolute atomic E-state index is 13.1. The van der Waals surface area contributed by atoms with Crippen molar-refractivity contribution in [2.75, 3.05) is 26.3 Å².